The number of nitrogens with one attached hydrogen (secondary N) is 1. The molecule has 0 unspecified atom stereocenters. The predicted octanol–water partition coefficient (Wildman–Crippen LogP) is 3.41. The number of ether oxygens (including phenoxy) is 1. The molecule has 1 N–H and O–H groups in total. The lowest BCUT2D eigenvalue weighted by atomic mass is 10.1. The Hall–Kier alpha value is -2.80. The Morgan fingerprint density at radius 2 is 1.75 bits per heavy atom. The zero-order valence-electron chi connectivity index (χ0n) is 15.7. The number of carbonyl (C=O) groups excluding carboxylic acids is 2. The van der Waals surface area contributed by atoms with Gasteiger partial charge in [0, 0.05) is 44.9 Å². The molecule has 2 aromatic rings. The quantitative estimate of drug-likeness (QED) is 0.846. The van der Waals surface area contributed by atoms with E-state index in [1.54, 1.807) is 23.1 Å². The SMILES string of the molecule is COc1cc(NC(C)=O)c(Cl)cc1C(=O)N1CCN(c2ccc(F)cc2)CC1. The molecule has 0 spiro atoms. The molecular formula is C20H21ClFN3O3. The summed E-state index contributed by atoms with van der Waals surface area (Å²) in [5, 5.41) is 2.88. The van der Waals surface area contributed by atoms with Gasteiger partial charge >= 0.3 is 0 Å². The number of methoxy groups -OCH3 is 1. The summed E-state index contributed by atoms with van der Waals surface area (Å²) >= 11 is 6.22. The monoisotopic (exact) mass is 405 g/mol. The summed E-state index contributed by atoms with van der Waals surface area (Å²) in [6, 6.07) is 9.38. The Balaban J connectivity index is 1.73. The van der Waals surface area contributed by atoms with Crippen molar-refractivity contribution in [2.45, 2.75) is 6.92 Å². The maximum Gasteiger partial charge on any atom is 0.257 e. The van der Waals surface area contributed by atoms with Crippen molar-refractivity contribution in [1.29, 1.82) is 0 Å². The Bertz CT molecular complexity index is 881. The molecule has 8 heteroatoms. The van der Waals surface area contributed by atoms with E-state index in [9.17, 15) is 14.0 Å². The summed E-state index contributed by atoms with van der Waals surface area (Å²) in [6.45, 7) is 3.69. The fourth-order valence-electron chi connectivity index (χ4n) is 3.16. The zero-order valence-corrected chi connectivity index (χ0v) is 16.4. The number of nitrogens with zero attached hydrogens (tertiary/aromatic N) is 2. The van der Waals surface area contributed by atoms with Crippen molar-refractivity contribution in [2.24, 2.45) is 0 Å². The minimum absolute atomic E-state index is 0.188. The smallest absolute Gasteiger partial charge is 0.257 e. The Labute approximate surface area is 167 Å². The van der Waals surface area contributed by atoms with E-state index in [1.165, 1.54) is 32.2 Å². The normalized spacial score (nSPS) is 14.0. The largest absolute Gasteiger partial charge is 0.496 e. The summed E-state index contributed by atoms with van der Waals surface area (Å²) in [6.07, 6.45) is 0. The van der Waals surface area contributed by atoms with E-state index in [4.69, 9.17) is 16.3 Å². The zero-order chi connectivity index (χ0) is 20.3. The van der Waals surface area contributed by atoms with Crippen molar-refractivity contribution in [3.63, 3.8) is 0 Å². The van der Waals surface area contributed by atoms with Crippen molar-refractivity contribution in [1.82, 2.24) is 4.90 Å². The molecule has 0 atom stereocenters. The highest BCUT2D eigenvalue weighted by atomic mass is 35.5. The maximum absolute atomic E-state index is 13.1. The van der Waals surface area contributed by atoms with Crippen LogP contribution in [-0.4, -0.2) is 50.0 Å². The standard InChI is InChI=1S/C20H21ClFN3O3/c1-13(26)23-18-12-19(28-2)16(11-17(18)21)20(27)25-9-7-24(8-10-25)15-5-3-14(22)4-6-15/h3-6,11-12H,7-10H2,1-2H3,(H,23,26). The molecule has 2 amide bonds. The van der Waals surface area contributed by atoms with Crippen LogP contribution in [0, 0.1) is 5.82 Å². The number of hydrogen-bond donors (Lipinski definition) is 1. The second-order valence-electron chi connectivity index (χ2n) is 6.47. The highest BCUT2D eigenvalue weighted by molar-refractivity contribution is 6.34. The van der Waals surface area contributed by atoms with Gasteiger partial charge in [-0.15, -0.1) is 0 Å². The van der Waals surface area contributed by atoms with Gasteiger partial charge < -0.3 is 19.9 Å². The molecule has 0 saturated carbocycles. The number of halogens is 2. The first kappa shape index (κ1) is 19.9. The van der Waals surface area contributed by atoms with Gasteiger partial charge in [-0.25, -0.2) is 4.39 Å². The molecule has 1 saturated heterocycles. The molecule has 1 aliphatic heterocycles. The van der Waals surface area contributed by atoms with Crippen molar-refractivity contribution in [2.75, 3.05) is 43.5 Å². The van der Waals surface area contributed by atoms with Crippen LogP contribution in [0.5, 0.6) is 5.75 Å². The maximum atomic E-state index is 13.1. The van der Waals surface area contributed by atoms with Crippen molar-refractivity contribution in [3.05, 3.63) is 52.8 Å². The molecule has 0 radical (unpaired) electrons. The van der Waals surface area contributed by atoms with Crippen molar-refractivity contribution in [3.8, 4) is 5.75 Å². The third-order valence-corrected chi connectivity index (χ3v) is 4.90. The Morgan fingerprint density at radius 1 is 1.11 bits per heavy atom. The van der Waals surface area contributed by atoms with Crippen LogP contribution in [0.15, 0.2) is 36.4 Å². The van der Waals surface area contributed by atoms with Gasteiger partial charge in [-0.2, -0.15) is 0 Å². The van der Waals surface area contributed by atoms with Gasteiger partial charge in [0.2, 0.25) is 5.91 Å². The van der Waals surface area contributed by atoms with E-state index in [0.717, 1.165) is 5.69 Å². The first-order valence-electron chi connectivity index (χ1n) is 8.84. The molecule has 0 bridgehead atoms. The number of benzene rings is 2. The summed E-state index contributed by atoms with van der Waals surface area (Å²) in [5.74, 6) is -0.379. The van der Waals surface area contributed by atoms with Crippen molar-refractivity contribution >= 4 is 34.8 Å². The fourth-order valence-corrected chi connectivity index (χ4v) is 3.38. The number of hydrogen-bond acceptors (Lipinski definition) is 4. The van der Waals surface area contributed by atoms with Gasteiger partial charge in [-0.1, -0.05) is 11.6 Å². The van der Waals surface area contributed by atoms with Gasteiger partial charge in [0.25, 0.3) is 5.91 Å². The molecule has 0 aromatic heterocycles. The van der Waals surface area contributed by atoms with Crippen LogP contribution in [0.2, 0.25) is 5.02 Å². The van der Waals surface area contributed by atoms with E-state index >= 15 is 0 Å². The number of rotatable bonds is 4. The van der Waals surface area contributed by atoms with Gasteiger partial charge in [0.05, 0.1) is 23.4 Å². The molecule has 3 rings (SSSR count). The average Bonchev–Trinajstić information content (AvgIpc) is 2.69. The molecule has 1 aliphatic rings. The second-order valence-corrected chi connectivity index (χ2v) is 6.88. The summed E-state index contributed by atoms with van der Waals surface area (Å²) < 4.78 is 18.4. The van der Waals surface area contributed by atoms with Gasteiger partial charge in [-0.3, -0.25) is 9.59 Å². The Morgan fingerprint density at radius 3 is 2.32 bits per heavy atom. The van der Waals surface area contributed by atoms with Crippen LogP contribution in [0.4, 0.5) is 15.8 Å². The van der Waals surface area contributed by atoms with E-state index in [1.807, 2.05) is 0 Å². The van der Waals surface area contributed by atoms with Crippen LogP contribution in [0.1, 0.15) is 17.3 Å². The molecule has 6 nitrogen and oxygen atoms in total. The minimum Gasteiger partial charge on any atom is -0.496 e. The minimum atomic E-state index is -0.274. The van der Waals surface area contributed by atoms with Gasteiger partial charge in [-0.05, 0) is 30.3 Å². The third-order valence-electron chi connectivity index (χ3n) is 4.59. The summed E-state index contributed by atoms with van der Waals surface area (Å²) in [4.78, 5) is 28.1. The lowest BCUT2D eigenvalue weighted by molar-refractivity contribution is -0.114. The van der Waals surface area contributed by atoms with Crippen LogP contribution in [0.25, 0.3) is 0 Å². The van der Waals surface area contributed by atoms with E-state index in [2.05, 4.69) is 10.2 Å². The molecule has 2 aromatic carbocycles. The van der Waals surface area contributed by atoms with Crippen LogP contribution >= 0.6 is 11.6 Å². The van der Waals surface area contributed by atoms with Crippen LogP contribution in [-0.2, 0) is 4.79 Å². The highest BCUT2D eigenvalue weighted by Crippen LogP contribution is 2.32. The average molecular weight is 406 g/mol. The third kappa shape index (κ3) is 4.36. The number of carbonyl (C=O) groups is 2. The van der Waals surface area contributed by atoms with E-state index in [0.29, 0.717) is 43.2 Å². The summed E-state index contributed by atoms with van der Waals surface area (Å²) in [5.41, 5.74) is 1.66. The molecule has 0 aliphatic carbocycles. The Kier molecular flexibility index (Phi) is 6.04. The lowest BCUT2D eigenvalue weighted by Crippen LogP contribution is -2.48. The van der Waals surface area contributed by atoms with Crippen LogP contribution in [0.3, 0.4) is 0 Å². The molecule has 148 valence electrons. The van der Waals surface area contributed by atoms with Crippen LogP contribution < -0.4 is 15.0 Å². The molecule has 28 heavy (non-hydrogen) atoms. The van der Waals surface area contributed by atoms with E-state index in [-0.39, 0.29) is 22.7 Å². The number of amides is 2. The van der Waals surface area contributed by atoms with Gasteiger partial charge in [0.1, 0.15) is 11.6 Å². The highest BCUT2D eigenvalue weighted by Gasteiger charge is 2.25. The molecule has 1 fully saturated rings. The first-order valence-corrected chi connectivity index (χ1v) is 9.21. The first-order chi connectivity index (χ1) is 13.4. The fraction of sp³-hybridized carbons (Fsp3) is 0.300. The van der Waals surface area contributed by atoms with Crippen molar-refractivity contribution < 1.29 is 18.7 Å². The summed E-state index contributed by atoms with van der Waals surface area (Å²) in [7, 11) is 1.46. The number of anilines is 2. The van der Waals surface area contributed by atoms with Gasteiger partial charge in [0.15, 0.2) is 0 Å². The molecular weight excluding hydrogens is 385 g/mol. The predicted molar refractivity (Wildman–Crippen MR) is 107 cm³/mol. The topological polar surface area (TPSA) is 61.9 Å². The second kappa shape index (κ2) is 8.48. The molecule has 1 heterocycles. The number of piperazine rings is 1. The van der Waals surface area contributed by atoms with E-state index < -0.39 is 0 Å². The lowest BCUT2D eigenvalue weighted by Gasteiger charge is -2.36.